The molecule has 1 amide bonds. The van der Waals surface area contributed by atoms with Crippen LogP contribution in [0.4, 0.5) is 0 Å². The third-order valence-electron chi connectivity index (χ3n) is 3.03. The lowest BCUT2D eigenvalue weighted by Gasteiger charge is -2.08. The number of nitrogens with one attached hydrogen (secondary N) is 1. The Morgan fingerprint density at radius 1 is 1.37 bits per heavy atom. The van der Waals surface area contributed by atoms with Gasteiger partial charge in [0.1, 0.15) is 0 Å². The lowest BCUT2D eigenvalue weighted by Crippen LogP contribution is -2.23. The Labute approximate surface area is 113 Å². The second-order valence-electron chi connectivity index (χ2n) is 4.47. The molecule has 4 nitrogen and oxygen atoms in total. The number of hydrogen-bond acceptors (Lipinski definition) is 2. The SMILES string of the molecule is CCNC(=O)c1cnn(-c2cccc(C)c2)c1CC. The molecule has 4 heteroatoms. The molecule has 0 aliphatic carbocycles. The van der Waals surface area contributed by atoms with Crippen LogP contribution in [0.2, 0.25) is 0 Å². The van der Waals surface area contributed by atoms with Gasteiger partial charge >= 0.3 is 0 Å². The molecular formula is C15H19N3O. The van der Waals surface area contributed by atoms with Crippen LogP contribution in [0.15, 0.2) is 30.5 Å². The summed E-state index contributed by atoms with van der Waals surface area (Å²) in [5, 5.41) is 7.18. The summed E-state index contributed by atoms with van der Waals surface area (Å²) in [5.41, 5.74) is 3.77. The third-order valence-corrected chi connectivity index (χ3v) is 3.03. The molecule has 1 aromatic heterocycles. The Bertz CT molecular complexity index is 587. The highest BCUT2D eigenvalue weighted by Gasteiger charge is 2.16. The Morgan fingerprint density at radius 3 is 2.79 bits per heavy atom. The number of amides is 1. The first-order chi connectivity index (χ1) is 9.17. The van der Waals surface area contributed by atoms with Crippen molar-refractivity contribution in [1.29, 1.82) is 0 Å². The number of hydrogen-bond donors (Lipinski definition) is 1. The predicted molar refractivity (Wildman–Crippen MR) is 75.7 cm³/mol. The van der Waals surface area contributed by atoms with Crippen LogP contribution >= 0.6 is 0 Å². The zero-order valence-electron chi connectivity index (χ0n) is 11.6. The number of aryl methyl sites for hydroxylation is 1. The number of carbonyl (C=O) groups is 1. The van der Waals surface area contributed by atoms with Crippen molar-refractivity contribution < 1.29 is 4.79 Å². The normalized spacial score (nSPS) is 10.5. The number of aromatic nitrogens is 2. The molecule has 0 atom stereocenters. The van der Waals surface area contributed by atoms with Gasteiger partial charge in [0.2, 0.25) is 0 Å². The topological polar surface area (TPSA) is 46.9 Å². The molecule has 100 valence electrons. The van der Waals surface area contributed by atoms with Crippen LogP contribution in [0.3, 0.4) is 0 Å². The van der Waals surface area contributed by atoms with Gasteiger partial charge in [0.05, 0.1) is 23.1 Å². The Kier molecular flexibility index (Phi) is 4.00. The van der Waals surface area contributed by atoms with Crippen LogP contribution in [0, 0.1) is 6.92 Å². The summed E-state index contributed by atoms with van der Waals surface area (Å²) in [6.45, 7) is 6.61. The van der Waals surface area contributed by atoms with Gasteiger partial charge in [-0.15, -0.1) is 0 Å². The Balaban J connectivity index is 2.45. The van der Waals surface area contributed by atoms with Gasteiger partial charge in [-0.2, -0.15) is 5.10 Å². The summed E-state index contributed by atoms with van der Waals surface area (Å²) in [6, 6.07) is 8.11. The maximum Gasteiger partial charge on any atom is 0.254 e. The Morgan fingerprint density at radius 2 is 2.16 bits per heavy atom. The molecular weight excluding hydrogens is 238 g/mol. The summed E-state index contributed by atoms with van der Waals surface area (Å²) in [6.07, 6.45) is 2.41. The van der Waals surface area contributed by atoms with E-state index in [0.717, 1.165) is 17.8 Å². The molecule has 1 heterocycles. The van der Waals surface area contributed by atoms with E-state index in [1.54, 1.807) is 6.20 Å². The van der Waals surface area contributed by atoms with E-state index in [1.807, 2.05) is 43.7 Å². The van der Waals surface area contributed by atoms with Crippen molar-refractivity contribution in [3.8, 4) is 5.69 Å². The monoisotopic (exact) mass is 257 g/mol. The predicted octanol–water partition coefficient (Wildman–Crippen LogP) is 2.49. The smallest absolute Gasteiger partial charge is 0.254 e. The van der Waals surface area contributed by atoms with Crippen molar-refractivity contribution in [3.63, 3.8) is 0 Å². The zero-order valence-corrected chi connectivity index (χ0v) is 11.6. The van der Waals surface area contributed by atoms with Crippen molar-refractivity contribution in [1.82, 2.24) is 15.1 Å². The lowest BCUT2D eigenvalue weighted by molar-refractivity contribution is 0.0955. The largest absolute Gasteiger partial charge is 0.352 e. The number of benzene rings is 1. The number of nitrogens with zero attached hydrogens (tertiary/aromatic N) is 2. The van der Waals surface area contributed by atoms with Crippen molar-refractivity contribution >= 4 is 5.91 Å². The highest BCUT2D eigenvalue weighted by atomic mass is 16.1. The van der Waals surface area contributed by atoms with E-state index in [1.165, 1.54) is 5.56 Å². The molecule has 0 saturated heterocycles. The van der Waals surface area contributed by atoms with Gasteiger partial charge in [-0.25, -0.2) is 4.68 Å². The molecule has 0 spiro atoms. The molecule has 0 unspecified atom stereocenters. The van der Waals surface area contributed by atoms with E-state index in [2.05, 4.69) is 16.5 Å². The average molecular weight is 257 g/mol. The summed E-state index contributed by atoms with van der Waals surface area (Å²) in [5.74, 6) is -0.0572. The van der Waals surface area contributed by atoms with E-state index in [9.17, 15) is 4.79 Å². The maximum atomic E-state index is 12.0. The lowest BCUT2D eigenvalue weighted by atomic mass is 10.1. The Hall–Kier alpha value is -2.10. The second-order valence-corrected chi connectivity index (χ2v) is 4.47. The quantitative estimate of drug-likeness (QED) is 0.914. The first-order valence-electron chi connectivity index (χ1n) is 6.59. The minimum absolute atomic E-state index is 0.0572. The van der Waals surface area contributed by atoms with Crippen molar-refractivity contribution in [2.24, 2.45) is 0 Å². The summed E-state index contributed by atoms with van der Waals surface area (Å²) >= 11 is 0. The van der Waals surface area contributed by atoms with E-state index < -0.39 is 0 Å². The molecule has 2 rings (SSSR count). The fourth-order valence-electron chi connectivity index (χ4n) is 2.14. The molecule has 0 saturated carbocycles. The molecule has 0 bridgehead atoms. The molecule has 0 aliphatic heterocycles. The number of carbonyl (C=O) groups excluding carboxylic acids is 1. The van der Waals surface area contributed by atoms with Crippen LogP contribution in [-0.4, -0.2) is 22.2 Å². The molecule has 0 aliphatic rings. The molecule has 1 N–H and O–H groups in total. The van der Waals surface area contributed by atoms with Gasteiger partial charge in [-0.1, -0.05) is 19.1 Å². The van der Waals surface area contributed by atoms with Gasteiger partial charge in [0.25, 0.3) is 5.91 Å². The summed E-state index contributed by atoms with van der Waals surface area (Å²) in [4.78, 5) is 12.0. The first-order valence-corrected chi connectivity index (χ1v) is 6.59. The van der Waals surface area contributed by atoms with Gasteiger partial charge in [0.15, 0.2) is 0 Å². The van der Waals surface area contributed by atoms with Crippen molar-refractivity contribution in [2.75, 3.05) is 6.54 Å². The zero-order chi connectivity index (χ0) is 13.8. The highest BCUT2D eigenvalue weighted by Crippen LogP contribution is 2.16. The minimum Gasteiger partial charge on any atom is -0.352 e. The van der Waals surface area contributed by atoms with Gasteiger partial charge in [-0.3, -0.25) is 4.79 Å². The molecule has 0 fully saturated rings. The van der Waals surface area contributed by atoms with Crippen molar-refractivity contribution in [2.45, 2.75) is 27.2 Å². The maximum absolute atomic E-state index is 12.0. The van der Waals surface area contributed by atoms with Gasteiger partial charge in [0, 0.05) is 6.54 Å². The summed E-state index contributed by atoms with van der Waals surface area (Å²) in [7, 11) is 0. The minimum atomic E-state index is -0.0572. The van der Waals surface area contributed by atoms with Crippen LogP contribution in [0.1, 0.15) is 35.5 Å². The van der Waals surface area contributed by atoms with Crippen molar-refractivity contribution in [3.05, 3.63) is 47.3 Å². The average Bonchev–Trinajstić information content (AvgIpc) is 2.82. The van der Waals surface area contributed by atoms with E-state index >= 15 is 0 Å². The molecule has 2 aromatic rings. The van der Waals surface area contributed by atoms with E-state index in [-0.39, 0.29) is 5.91 Å². The second kappa shape index (κ2) is 5.69. The number of rotatable bonds is 4. The van der Waals surface area contributed by atoms with Gasteiger partial charge < -0.3 is 5.32 Å². The summed E-state index contributed by atoms with van der Waals surface area (Å²) < 4.78 is 1.84. The molecule has 19 heavy (non-hydrogen) atoms. The standard InChI is InChI=1S/C15H19N3O/c1-4-14-13(15(19)16-5-2)10-17-18(14)12-8-6-7-11(3)9-12/h6-10H,4-5H2,1-3H3,(H,16,19). The van der Waals surface area contributed by atoms with Crippen LogP contribution in [-0.2, 0) is 6.42 Å². The van der Waals surface area contributed by atoms with E-state index in [0.29, 0.717) is 12.1 Å². The fraction of sp³-hybridized carbons (Fsp3) is 0.333. The fourth-order valence-corrected chi connectivity index (χ4v) is 2.14. The highest BCUT2D eigenvalue weighted by molar-refractivity contribution is 5.95. The first kappa shape index (κ1) is 13.3. The van der Waals surface area contributed by atoms with Crippen LogP contribution in [0.5, 0.6) is 0 Å². The van der Waals surface area contributed by atoms with Crippen LogP contribution < -0.4 is 5.32 Å². The van der Waals surface area contributed by atoms with Crippen LogP contribution in [0.25, 0.3) is 5.69 Å². The molecule has 0 radical (unpaired) electrons. The molecule has 1 aromatic carbocycles. The van der Waals surface area contributed by atoms with Gasteiger partial charge in [-0.05, 0) is 38.0 Å². The van der Waals surface area contributed by atoms with E-state index in [4.69, 9.17) is 0 Å². The third kappa shape index (κ3) is 2.67.